The van der Waals surface area contributed by atoms with E-state index in [1.54, 1.807) is 17.2 Å². The van der Waals surface area contributed by atoms with E-state index in [2.05, 4.69) is 9.97 Å². The molecule has 0 spiro atoms. The molecule has 0 aromatic carbocycles. The summed E-state index contributed by atoms with van der Waals surface area (Å²) in [5, 5.41) is 9.38. The lowest BCUT2D eigenvalue weighted by Gasteiger charge is -2.32. The van der Waals surface area contributed by atoms with Gasteiger partial charge in [-0.15, -0.1) is 0 Å². The van der Waals surface area contributed by atoms with Gasteiger partial charge < -0.3 is 15.7 Å². The monoisotopic (exact) mass is 212 g/mol. The fourth-order valence-corrected chi connectivity index (χ4v) is 1.60. The molecule has 0 bridgehead atoms. The molecule has 0 radical (unpaired) electrons. The van der Waals surface area contributed by atoms with Gasteiger partial charge in [0.1, 0.15) is 18.1 Å². The van der Waals surface area contributed by atoms with Crippen LogP contribution < -0.4 is 10.6 Å². The zero-order valence-electron chi connectivity index (χ0n) is 8.17. The van der Waals surface area contributed by atoms with Gasteiger partial charge in [0.15, 0.2) is 0 Å². The largest absolute Gasteiger partial charge is 0.388 e. The molecule has 1 fully saturated rings. The Hall–Kier alpha value is -1.43. The number of nitrogen functional groups attached to an aromatic ring is 1. The Labute approximate surface area is 86.7 Å². The number of halogens is 1. The van der Waals surface area contributed by atoms with Crippen LogP contribution in [0.5, 0.6) is 0 Å². The maximum Gasteiger partial charge on any atom is 0.227 e. The SMILES string of the molecule is Nc1ccnc(N2CC[C@@H](F)[C@H](O)C2)n1. The van der Waals surface area contributed by atoms with Crippen molar-refractivity contribution in [3.63, 3.8) is 0 Å². The fraction of sp³-hybridized carbons (Fsp3) is 0.556. The summed E-state index contributed by atoms with van der Waals surface area (Å²) in [6, 6.07) is 1.59. The average Bonchev–Trinajstić information content (AvgIpc) is 2.22. The molecule has 1 aromatic heterocycles. The summed E-state index contributed by atoms with van der Waals surface area (Å²) in [6.07, 6.45) is -0.281. The Bertz CT molecular complexity index is 349. The van der Waals surface area contributed by atoms with Gasteiger partial charge in [-0.2, -0.15) is 4.98 Å². The molecule has 5 nitrogen and oxygen atoms in total. The molecule has 6 heteroatoms. The van der Waals surface area contributed by atoms with Gasteiger partial charge >= 0.3 is 0 Å². The van der Waals surface area contributed by atoms with Gasteiger partial charge in [0.25, 0.3) is 0 Å². The van der Waals surface area contributed by atoms with Crippen molar-refractivity contribution < 1.29 is 9.50 Å². The van der Waals surface area contributed by atoms with Crippen molar-refractivity contribution in [2.45, 2.75) is 18.7 Å². The predicted molar refractivity (Wildman–Crippen MR) is 54.2 cm³/mol. The molecule has 1 aliphatic heterocycles. The van der Waals surface area contributed by atoms with Crippen molar-refractivity contribution in [3.8, 4) is 0 Å². The topological polar surface area (TPSA) is 75.3 Å². The molecule has 2 rings (SSSR count). The van der Waals surface area contributed by atoms with Gasteiger partial charge in [-0.25, -0.2) is 9.37 Å². The van der Waals surface area contributed by atoms with Gasteiger partial charge in [0.2, 0.25) is 5.95 Å². The van der Waals surface area contributed by atoms with Crippen molar-refractivity contribution in [1.29, 1.82) is 0 Å². The molecule has 0 unspecified atom stereocenters. The van der Waals surface area contributed by atoms with Crippen LogP contribution in [0.15, 0.2) is 12.3 Å². The highest BCUT2D eigenvalue weighted by molar-refractivity contribution is 5.38. The number of hydrogen-bond donors (Lipinski definition) is 2. The normalized spacial score (nSPS) is 26.7. The maximum absolute atomic E-state index is 13.0. The molecular weight excluding hydrogens is 199 g/mol. The minimum atomic E-state index is -1.15. The maximum atomic E-state index is 13.0. The van der Waals surface area contributed by atoms with E-state index in [1.807, 2.05) is 0 Å². The van der Waals surface area contributed by atoms with Crippen LogP contribution in [0.4, 0.5) is 16.2 Å². The lowest BCUT2D eigenvalue weighted by molar-refractivity contribution is 0.0640. The first-order chi connectivity index (χ1) is 7.16. The molecule has 82 valence electrons. The standard InChI is InChI=1S/C9H13FN4O/c10-6-2-4-14(5-7(6)15)9-12-3-1-8(11)13-9/h1,3,6-7,15H,2,4-5H2,(H2,11,12,13)/t6-,7-/m1/s1. The van der Waals surface area contributed by atoms with E-state index < -0.39 is 12.3 Å². The van der Waals surface area contributed by atoms with Gasteiger partial charge in [-0.3, -0.25) is 0 Å². The number of alkyl halides is 1. The zero-order valence-corrected chi connectivity index (χ0v) is 8.17. The van der Waals surface area contributed by atoms with E-state index in [0.717, 1.165) is 0 Å². The molecule has 0 saturated carbocycles. The van der Waals surface area contributed by atoms with Gasteiger partial charge in [0.05, 0.1) is 0 Å². The molecule has 1 aromatic rings. The van der Waals surface area contributed by atoms with E-state index in [4.69, 9.17) is 5.73 Å². The number of piperidine rings is 1. The summed E-state index contributed by atoms with van der Waals surface area (Å²) in [6.45, 7) is 0.715. The van der Waals surface area contributed by atoms with Crippen molar-refractivity contribution in [2.75, 3.05) is 23.7 Å². The lowest BCUT2D eigenvalue weighted by atomic mass is 10.1. The summed E-state index contributed by atoms with van der Waals surface area (Å²) in [5.41, 5.74) is 5.51. The third-order valence-corrected chi connectivity index (χ3v) is 2.45. The Morgan fingerprint density at radius 1 is 1.60 bits per heavy atom. The Kier molecular flexibility index (Phi) is 2.68. The van der Waals surface area contributed by atoms with E-state index in [1.165, 1.54) is 0 Å². The van der Waals surface area contributed by atoms with Crippen LogP contribution >= 0.6 is 0 Å². The van der Waals surface area contributed by atoms with Crippen molar-refractivity contribution in [1.82, 2.24) is 9.97 Å². The lowest BCUT2D eigenvalue weighted by Crippen LogP contribution is -2.45. The number of aromatic nitrogens is 2. The summed E-state index contributed by atoms with van der Waals surface area (Å²) < 4.78 is 13.0. The number of anilines is 2. The number of nitrogens with two attached hydrogens (primary N) is 1. The van der Waals surface area contributed by atoms with Gasteiger partial charge in [-0.05, 0) is 12.5 Å². The quantitative estimate of drug-likeness (QED) is 0.683. The molecule has 3 N–H and O–H groups in total. The highest BCUT2D eigenvalue weighted by atomic mass is 19.1. The number of nitrogens with zero attached hydrogens (tertiary/aromatic N) is 3. The Balaban J connectivity index is 2.12. The molecule has 2 atom stereocenters. The molecular formula is C9H13FN4O. The highest BCUT2D eigenvalue weighted by Crippen LogP contribution is 2.18. The minimum absolute atomic E-state index is 0.213. The van der Waals surface area contributed by atoms with E-state index in [0.29, 0.717) is 24.7 Å². The number of aliphatic hydroxyl groups is 1. The van der Waals surface area contributed by atoms with Crippen LogP contribution in [-0.4, -0.2) is 40.4 Å². The van der Waals surface area contributed by atoms with Crippen LogP contribution in [0.1, 0.15) is 6.42 Å². The number of aliphatic hydroxyl groups excluding tert-OH is 1. The minimum Gasteiger partial charge on any atom is -0.388 e. The van der Waals surface area contributed by atoms with E-state index in [9.17, 15) is 9.50 Å². The van der Waals surface area contributed by atoms with Crippen molar-refractivity contribution >= 4 is 11.8 Å². The van der Waals surface area contributed by atoms with Crippen LogP contribution in [0, 0.1) is 0 Å². The van der Waals surface area contributed by atoms with Gasteiger partial charge in [-0.1, -0.05) is 0 Å². The third kappa shape index (κ3) is 2.15. The summed E-state index contributed by atoms with van der Waals surface area (Å²) >= 11 is 0. The Morgan fingerprint density at radius 3 is 3.07 bits per heavy atom. The van der Waals surface area contributed by atoms with Crippen LogP contribution in [0.25, 0.3) is 0 Å². The molecule has 1 saturated heterocycles. The second kappa shape index (κ2) is 3.98. The number of rotatable bonds is 1. The summed E-state index contributed by atoms with van der Waals surface area (Å²) in [7, 11) is 0. The third-order valence-electron chi connectivity index (χ3n) is 2.45. The predicted octanol–water partition coefficient (Wildman–Crippen LogP) is -0.0321. The summed E-state index contributed by atoms with van der Waals surface area (Å²) in [4.78, 5) is 9.77. The molecule has 2 heterocycles. The average molecular weight is 212 g/mol. The van der Waals surface area contributed by atoms with Crippen LogP contribution in [-0.2, 0) is 0 Å². The van der Waals surface area contributed by atoms with Crippen molar-refractivity contribution in [2.24, 2.45) is 0 Å². The first kappa shape index (κ1) is 10.1. The smallest absolute Gasteiger partial charge is 0.227 e. The van der Waals surface area contributed by atoms with E-state index in [-0.39, 0.29) is 6.54 Å². The fourth-order valence-electron chi connectivity index (χ4n) is 1.60. The summed E-state index contributed by atoms with van der Waals surface area (Å²) in [5.74, 6) is 0.817. The van der Waals surface area contributed by atoms with Gasteiger partial charge in [0, 0.05) is 19.3 Å². The number of hydrogen-bond acceptors (Lipinski definition) is 5. The second-order valence-electron chi connectivity index (χ2n) is 3.60. The molecule has 0 amide bonds. The second-order valence-corrected chi connectivity index (χ2v) is 3.60. The zero-order chi connectivity index (χ0) is 10.8. The Morgan fingerprint density at radius 2 is 2.40 bits per heavy atom. The molecule has 1 aliphatic rings. The van der Waals surface area contributed by atoms with E-state index >= 15 is 0 Å². The van der Waals surface area contributed by atoms with Crippen molar-refractivity contribution in [3.05, 3.63) is 12.3 Å². The van der Waals surface area contributed by atoms with Crippen LogP contribution in [0.2, 0.25) is 0 Å². The number of β-amino-alcohol motifs (C(OH)–C–C–N with tert-alkyl or cyclic N) is 1. The highest BCUT2D eigenvalue weighted by Gasteiger charge is 2.28. The molecule has 15 heavy (non-hydrogen) atoms. The first-order valence-corrected chi connectivity index (χ1v) is 4.82. The van der Waals surface area contributed by atoms with Crippen LogP contribution in [0.3, 0.4) is 0 Å². The first-order valence-electron chi connectivity index (χ1n) is 4.82. The molecule has 0 aliphatic carbocycles.